The lowest BCUT2D eigenvalue weighted by molar-refractivity contribution is 0.878. The van der Waals surface area contributed by atoms with E-state index in [1.165, 1.54) is 6.07 Å². The first-order valence-corrected chi connectivity index (χ1v) is 4.21. The molecule has 2 aromatic rings. The van der Waals surface area contributed by atoms with Crippen molar-refractivity contribution < 1.29 is 0 Å². The number of halogens is 1. The van der Waals surface area contributed by atoms with Crippen LogP contribution < -0.4 is 5.56 Å². The molecule has 0 aliphatic carbocycles. The predicted octanol–water partition coefficient (Wildman–Crippen LogP) is 1.09. The smallest absolute Gasteiger partial charge is 0.251 e. The SMILES string of the molecule is Cc1cc(=O)[nH]c2cc(Br)nn12. The fraction of sp³-hybridized carbons (Fsp3) is 0.143. The van der Waals surface area contributed by atoms with Crippen molar-refractivity contribution in [2.24, 2.45) is 0 Å². The van der Waals surface area contributed by atoms with Crippen molar-refractivity contribution in [2.75, 3.05) is 0 Å². The number of aromatic amines is 1. The molecule has 0 unspecified atom stereocenters. The van der Waals surface area contributed by atoms with Gasteiger partial charge in [-0.15, -0.1) is 0 Å². The highest BCUT2D eigenvalue weighted by Gasteiger charge is 2.01. The van der Waals surface area contributed by atoms with Crippen molar-refractivity contribution in [3.05, 3.63) is 32.8 Å². The lowest BCUT2D eigenvalue weighted by atomic mass is 10.4. The number of hydrogen-bond acceptors (Lipinski definition) is 2. The molecule has 2 rings (SSSR count). The van der Waals surface area contributed by atoms with E-state index in [2.05, 4.69) is 26.0 Å². The van der Waals surface area contributed by atoms with Crippen LogP contribution in [0.3, 0.4) is 0 Å². The largest absolute Gasteiger partial charge is 0.307 e. The molecule has 1 N–H and O–H groups in total. The number of nitrogens with one attached hydrogen (secondary N) is 1. The van der Waals surface area contributed by atoms with Gasteiger partial charge in [-0.25, -0.2) is 4.52 Å². The number of fused-ring (bicyclic) bond motifs is 1. The molecular formula is C7H6BrN3O. The Morgan fingerprint density at radius 1 is 1.58 bits per heavy atom. The molecule has 0 saturated carbocycles. The molecule has 0 aliphatic rings. The molecule has 12 heavy (non-hydrogen) atoms. The van der Waals surface area contributed by atoms with Crippen LogP contribution in [0.1, 0.15) is 5.69 Å². The first kappa shape index (κ1) is 7.54. The molecule has 0 radical (unpaired) electrons. The minimum atomic E-state index is -0.104. The van der Waals surface area contributed by atoms with E-state index in [1.807, 2.05) is 6.92 Å². The van der Waals surface area contributed by atoms with Gasteiger partial charge in [-0.05, 0) is 22.9 Å². The van der Waals surface area contributed by atoms with E-state index in [9.17, 15) is 4.79 Å². The molecule has 0 atom stereocenters. The van der Waals surface area contributed by atoms with Gasteiger partial charge in [0.1, 0.15) is 10.3 Å². The number of H-pyrrole nitrogens is 1. The van der Waals surface area contributed by atoms with E-state index in [1.54, 1.807) is 10.6 Å². The topological polar surface area (TPSA) is 50.2 Å². The highest BCUT2D eigenvalue weighted by Crippen LogP contribution is 2.09. The van der Waals surface area contributed by atoms with Crippen molar-refractivity contribution in [3.63, 3.8) is 0 Å². The molecule has 0 aromatic carbocycles. The Hall–Kier alpha value is -1.10. The van der Waals surface area contributed by atoms with Gasteiger partial charge in [0.05, 0.1) is 0 Å². The Morgan fingerprint density at radius 2 is 2.33 bits per heavy atom. The molecule has 0 amide bonds. The van der Waals surface area contributed by atoms with Gasteiger partial charge in [0.2, 0.25) is 0 Å². The summed E-state index contributed by atoms with van der Waals surface area (Å²) in [5.41, 5.74) is 1.42. The first-order chi connectivity index (χ1) is 5.66. The highest BCUT2D eigenvalue weighted by atomic mass is 79.9. The third-order valence-corrected chi connectivity index (χ3v) is 1.99. The van der Waals surface area contributed by atoms with Gasteiger partial charge in [-0.2, -0.15) is 5.10 Å². The lowest BCUT2D eigenvalue weighted by Crippen LogP contribution is -2.09. The van der Waals surface area contributed by atoms with Crippen LogP contribution in [0, 0.1) is 6.92 Å². The van der Waals surface area contributed by atoms with Crippen molar-refractivity contribution in [1.29, 1.82) is 0 Å². The minimum Gasteiger partial charge on any atom is -0.307 e. The van der Waals surface area contributed by atoms with Crippen LogP contribution in [0.15, 0.2) is 21.5 Å². The zero-order valence-corrected chi connectivity index (χ0v) is 7.92. The van der Waals surface area contributed by atoms with Crippen LogP contribution in [0.2, 0.25) is 0 Å². The fourth-order valence-corrected chi connectivity index (χ4v) is 1.50. The second-order valence-electron chi connectivity index (χ2n) is 2.54. The van der Waals surface area contributed by atoms with Gasteiger partial charge >= 0.3 is 0 Å². The van der Waals surface area contributed by atoms with Gasteiger partial charge in [0.15, 0.2) is 0 Å². The molecule has 5 heteroatoms. The molecule has 0 bridgehead atoms. The van der Waals surface area contributed by atoms with E-state index in [4.69, 9.17) is 0 Å². The van der Waals surface area contributed by atoms with E-state index < -0.39 is 0 Å². The van der Waals surface area contributed by atoms with Crippen molar-refractivity contribution in [1.82, 2.24) is 14.6 Å². The molecule has 0 aliphatic heterocycles. The maximum Gasteiger partial charge on any atom is 0.251 e. The van der Waals surface area contributed by atoms with Crippen molar-refractivity contribution in [3.8, 4) is 0 Å². The van der Waals surface area contributed by atoms with Crippen LogP contribution in [-0.2, 0) is 0 Å². The summed E-state index contributed by atoms with van der Waals surface area (Å²) in [6.45, 7) is 1.84. The Bertz CT molecular complexity index is 485. The maximum absolute atomic E-state index is 11.0. The van der Waals surface area contributed by atoms with E-state index >= 15 is 0 Å². The van der Waals surface area contributed by atoms with Crippen LogP contribution in [0.25, 0.3) is 5.65 Å². The number of rotatable bonds is 0. The predicted molar refractivity (Wildman–Crippen MR) is 48.2 cm³/mol. The summed E-state index contributed by atoms with van der Waals surface area (Å²) in [4.78, 5) is 13.7. The first-order valence-electron chi connectivity index (χ1n) is 3.42. The average Bonchev–Trinajstić information content (AvgIpc) is 2.29. The summed E-state index contributed by atoms with van der Waals surface area (Å²) in [5, 5.41) is 4.12. The summed E-state index contributed by atoms with van der Waals surface area (Å²) in [6.07, 6.45) is 0. The van der Waals surface area contributed by atoms with Crippen LogP contribution in [0.4, 0.5) is 0 Å². The summed E-state index contributed by atoms with van der Waals surface area (Å²) in [7, 11) is 0. The van der Waals surface area contributed by atoms with Crippen LogP contribution >= 0.6 is 15.9 Å². The van der Waals surface area contributed by atoms with E-state index in [0.717, 1.165) is 5.69 Å². The zero-order chi connectivity index (χ0) is 8.72. The number of hydrogen-bond donors (Lipinski definition) is 1. The van der Waals surface area contributed by atoms with Gasteiger partial charge in [0, 0.05) is 17.8 Å². The third-order valence-electron chi connectivity index (χ3n) is 1.60. The van der Waals surface area contributed by atoms with Crippen LogP contribution in [0.5, 0.6) is 0 Å². The van der Waals surface area contributed by atoms with Gasteiger partial charge in [-0.3, -0.25) is 4.79 Å². The Kier molecular flexibility index (Phi) is 1.54. The third kappa shape index (κ3) is 1.06. The lowest BCUT2D eigenvalue weighted by Gasteiger charge is -1.95. The normalized spacial score (nSPS) is 10.8. The molecule has 62 valence electrons. The van der Waals surface area contributed by atoms with Crippen LogP contribution in [-0.4, -0.2) is 14.6 Å². The van der Waals surface area contributed by atoms with E-state index in [-0.39, 0.29) is 5.56 Å². The van der Waals surface area contributed by atoms with Gasteiger partial charge in [-0.1, -0.05) is 0 Å². The summed E-state index contributed by atoms with van der Waals surface area (Å²) < 4.78 is 2.39. The summed E-state index contributed by atoms with van der Waals surface area (Å²) in [5.74, 6) is 0. The quantitative estimate of drug-likeness (QED) is 0.733. The number of aromatic nitrogens is 3. The van der Waals surface area contributed by atoms with Gasteiger partial charge < -0.3 is 4.98 Å². The number of nitrogens with zero attached hydrogens (tertiary/aromatic N) is 2. The van der Waals surface area contributed by atoms with Crippen molar-refractivity contribution in [2.45, 2.75) is 6.92 Å². The molecule has 2 aromatic heterocycles. The monoisotopic (exact) mass is 227 g/mol. The molecule has 0 spiro atoms. The van der Waals surface area contributed by atoms with E-state index in [0.29, 0.717) is 10.3 Å². The second kappa shape index (κ2) is 2.45. The van der Waals surface area contributed by atoms with Gasteiger partial charge in [0.25, 0.3) is 5.56 Å². The minimum absolute atomic E-state index is 0.104. The molecular weight excluding hydrogens is 222 g/mol. The Balaban J connectivity index is 2.97. The Labute approximate surface area is 76.4 Å². The molecule has 2 heterocycles. The fourth-order valence-electron chi connectivity index (χ4n) is 1.12. The standard InChI is InChI=1S/C7H6BrN3O/c1-4-2-7(12)9-6-3-5(8)10-11(4)6/h2-3H,1H3,(H,9,12). The number of aryl methyl sites for hydroxylation is 1. The summed E-state index contributed by atoms with van der Waals surface area (Å²) >= 11 is 3.23. The molecule has 0 fully saturated rings. The highest BCUT2D eigenvalue weighted by molar-refractivity contribution is 9.10. The molecule has 0 saturated heterocycles. The maximum atomic E-state index is 11.0. The molecule has 4 nitrogen and oxygen atoms in total. The average molecular weight is 228 g/mol. The second-order valence-corrected chi connectivity index (χ2v) is 3.35. The Morgan fingerprint density at radius 3 is 3.08 bits per heavy atom. The zero-order valence-electron chi connectivity index (χ0n) is 6.34. The van der Waals surface area contributed by atoms with Crippen molar-refractivity contribution >= 4 is 21.6 Å². The summed E-state index contributed by atoms with van der Waals surface area (Å²) in [6, 6.07) is 3.26.